The SMILES string of the molecule is C#CCN(C1CCS(=O)(=O)C1)S(=O)(=O)CCCC(=O)OC. The highest BCUT2D eigenvalue weighted by Gasteiger charge is 2.37. The van der Waals surface area contributed by atoms with Crippen LogP contribution in [0.15, 0.2) is 0 Å². The van der Waals surface area contributed by atoms with Crippen LogP contribution >= 0.6 is 0 Å². The molecule has 0 bridgehead atoms. The molecule has 1 aliphatic rings. The Bertz CT molecular complexity index is 617. The van der Waals surface area contributed by atoms with Crippen LogP contribution in [0.2, 0.25) is 0 Å². The molecular formula is C12H19NO6S2. The third-order valence-corrected chi connectivity index (χ3v) is 6.93. The first-order chi connectivity index (χ1) is 9.72. The minimum absolute atomic E-state index is 0.0113. The summed E-state index contributed by atoms with van der Waals surface area (Å²) in [5, 5.41) is 0. The van der Waals surface area contributed by atoms with E-state index >= 15 is 0 Å². The molecule has 21 heavy (non-hydrogen) atoms. The molecule has 1 atom stereocenters. The lowest BCUT2D eigenvalue weighted by Crippen LogP contribution is -2.42. The van der Waals surface area contributed by atoms with Gasteiger partial charge in [0.25, 0.3) is 0 Å². The lowest BCUT2D eigenvalue weighted by Gasteiger charge is -2.25. The Kier molecular flexibility index (Phi) is 6.19. The van der Waals surface area contributed by atoms with Gasteiger partial charge in [0, 0.05) is 12.5 Å². The number of methoxy groups -OCH3 is 1. The molecule has 1 heterocycles. The molecule has 7 nitrogen and oxygen atoms in total. The number of nitrogens with zero attached hydrogens (tertiary/aromatic N) is 1. The van der Waals surface area contributed by atoms with Gasteiger partial charge < -0.3 is 4.74 Å². The molecule has 1 fully saturated rings. The van der Waals surface area contributed by atoms with E-state index in [2.05, 4.69) is 10.7 Å². The number of ether oxygens (including phenoxy) is 1. The molecule has 0 aliphatic carbocycles. The molecule has 0 aromatic heterocycles. The summed E-state index contributed by atoms with van der Waals surface area (Å²) >= 11 is 0. The van der Waals surface area contributed by atoms with E-state index in [-0.39, 0.29) is 43.1 Å². The van der Waals surface area contributed by atoms with Gasteiger partial charge in [0.05, 0.1) is 30.9 Å². The molecule has 0 radical (unpaired) electrons. The van der Waals surface area contributed by atoms with E-state index in [0.717, 1.165) is 4.31 Å². The van der Waals surface area contributed by atoms with E-state index in [9.17, 15) is 21.6 Å². The van der Waals surface area contributed by atoms with E-state index in [4.69, 9.17) is 6.42 Å². The van der Waals surface area contributed by atoms with Gasteiger partial charge in [0.15, 0.2) is 9.84 Å². The first kappa shape index (κ1) is 17.9. The fraction of sp³-hybridized carbons (Fsp3) is 0.750. The first-order valence-corrected chi connectivity index (χ1v) is 9.85. The van der Waals surface area contributed by atoms with Crippen LogP contribution in [0.1, 0.15) is 19.3 Å². The molecule has 0 spiro atoms. The van der Waals surface area contributed by atoms with Crippen LogP contribution in [0.5, 0.6) is 0 Å². The van der Waals surface area contributed by atoms with E-state index in [0.29, 0.717) is 0 Å². The third-order valence-electron chi connectivity index (χ3n) is 3.23. The largest absolute Gasteiger partial charge is 0.469 e. The number of rotatable bonds is 7. The lowest BCUT2D eigenvalue weighted by molar-refractivity contribution is -0.140. The maximum Gasteiger partial charge on any atom is 0.305 e. The predicted octanol–water partition coefficient (Wildman–Crippen LogP) is -0.608. The highest BCUT2D eigenvalue weighted by atomic mass is 32.2. The number of esters is 1. The molecule has 120 valence electrons. The Morgan fingerprint density at radius 3 is 2.62 bits per heavy atom. The van der Waals surface area contributed by atoms with Crippen molar-refractivity contribution in [1.29, 1.82) is 0 Å². The van der Waals surface area contributed by atoms with Crippen LogP contribution in [-0.2, 0) is 29.4 Å². The van der Waals surface area contributed by atoms with Crippen molar-refractivity contribution in [2.45, 2.75) is 25.3 Å². The summed E-state index contributed by atoms with van der Waals surface area (Å²) in [5.41, 5.74) is 0. The maximum atomic E-state index is 12.3. The molecule has 1 aliphatic heterocycles. The van der Waals surface area contributed by atoms with Crippen molar-refractivity contribution < 1.29 is 26.4 Å². The summed E-state index contributed by atoms with van der Waals surface area (Å²) in [5.74, 6) is 1.26. The lowest BCUT2D eigenvalue weighted by atomic mass is 10.3. The zero-order valence-corrected chi connectivity index (χ0v) is 13.5. The number of carbonyl (C=O) groups is 1. The van der Waals surface area contributed by atoms with Gasteiger partial charge in [-0.15, -0.1) is 6.42 Å². The number of hydrogen-bond donors (Lipinski definition) is 0. The average molecular weight is 337 g/mol. The van der Waals surface area contributed by atoms with Crippen molar-refractivity contribution in [1.82, 2.24) is 4.31 Å². The summed E-state index contributed by atoms with van der Waals surface area (Å²) in [4.78, 5) is 11.0. The molecule has 9 heteroatoms. The summed E-state index contributed by atoms with van der Waals surface area (Å²) < 4.78 is 53.0. The van der Waals surface area contributed by atoms with Gasteiger partial charge in [0.2, 0.25) is 10.0 Å². The first-order valence-electron chi connectivity index (χ1n) is 6.42. The van der Waals surface area contributed by atoms with Gasteiger partial charge in [-0.25, -0.2) is 16.8 Å². The molecule has 0 aromatic rings. The molecule has 1 unspecified atom stereocenters. The summed E-state index contributed by atoms with van der Waals surface area (Å²) in [6.07, 6.45) is 5.53. The highest BCUT2D eigenvalue weighted by molar-refractivity contribution is 7.92. The second kappa shape index (κ2) is 7.24. The van der Waals surface area contributed by atoms with Crippen LogP contribution in [0.3, 0.4) is 0 Å². The minimum Gasteiger partial charge on any atom is -0.469 e. The Labute approximate surface area is 125 Å². The van der Waals surface area contributed by atoms with E-state index in [1.165, 1.54) is 7.11 Å². The number of sulfonamides is 1. The molecule has 0 saturated carbocycles. The Balaban J connectivity index is 2.75. The monoisotopic (exact) mass is 337 g/mol. The second-order valence-electron chi connectivity index (χ2n) is 4.80. The summed E-state index contributed by atoms with van der Waals surface area (Å²) in [6.45, 7) is -0.166. The van der Waals surface area contributed by atoms with Gasteiger partial charge in [-0.2, -0.15) is 4.31 Å². The van der Waals surface area contributed by atoms with Crippen molar-refractivity contribution >= 4 is 25.8 Å². The number of hydrogen-bond acceptors (Lipinski definition) is 6. The van der Waals surface area contributed by atoms with Crippen LogP contribution < -0.4 is 0 Å². The smallest absolute Gasteiger partial charge is 0.305 e. The second-order valence-corrected chi connectivity index (χ2v) is 9.07. The zero-order valence-electron chi connectivity index (χ0n) is 11.8. The number of terminal acetylenes is 1. The molecule has 1 saturated heterocycles. The van der Waals surface area contributed by atoms with Gasteiger partial charge in [-0.1, -0.05) is 5.92 Å². The maximum absolute atomic E-state index is 12.3. The normalized spacial score (nSPS) is 21.1. The van der Waals surface area contributed by atoms with Gasteiger partial charge in [-0.3, -0.25) is 4.79 Å². The standard InChI is InChI=1S/C12H19NO6S2/c1-3-7-13(11-6-9-20(15,16)10-11)21(17,18)8-4-5-12(14)19-2/h1,11H,4-10H2,2H3. The van der Waals surface area contributed by atoms with Crippen LogP contribution in [0, 0.1) is 12.3 Å². The van der Waals surface area contributed by atoms with Crippen LogP contribution in [-0.4, -0.2) is 64.1 Å². The van der Waals surface area contributed by atoms with Crippen molar-refractivity contribution in [3.05, 3.63) is 0 Å². The molecule has 0 amide bonds. The quantitative estimate of drug-likeness (QED) is 0.454. The van der Waals surface area contributed by atoms with E-state index < -0.39 is 31.9 Å². The Morgan fingerprint density at radius 1 is 1.48 bits per heavy atom. The fourth-order valence-corrected chi connectivity index (χ4v) is 5.64. The van der Waals surface area contributed by atoms with Gasteiger partial charge >= 0.3 is 5.97 Å². The summed E-state index contributed by atoms with van der Waals surface area (Å²) in [6, 6.07) is -0.617. The van der Waals surface area contributed by atoms with Crippen molar-refractivity contribution in [3.8, 4) is 12.3 Å². The van der Waals surface area contributed by atoms with Gasteiger partial charge in [-0.05, 0) is 12.8 Å². The topological polar surface area (TPSA) is 97.8 Å². The zero-order chi connectivity index (χ0) is 16.1. The third kappa shape index (κ3) is 5.30. The summed E-state index contributed by atoms with van der Waals surface area (Å²) in [7, 11) is -5.68. The number of carbonyl (C=O) groups excluding carboxylic acids is 1. The van der Waals surface area contributed by atoms with Crippen molar-refractivity contribution in [3.63, 3.8) is 0 Å². The van der Waals surface area contributed by atoms with E-state index in [1.54, 1.807) is 0 Å². The van der Waals surface area contributed by atoms with Crippen molar-refractivity contribution in [2.24, 2.45) is 0 Å². The van der Waals surface area contributed by atoms with Crippen molar-refractivity contribution in [2.75, 3.05) is 30.9 Å². The fourth-order valence-electron chi connectivity index (χ4n) is 2.17. The van der Waals surface area contributed by atoms with E-state index in [1.807, 2.05) is 0 Å². The molecule has 1 rings (SSSR count). The Morgan fingerprint density at radius 2 is 2.14 bits per heavy atom. The Hall–Kier alpha value is -1.11. The molecular weight excluding hydrogens is 318 g/mol. The predicted molar refractivity (Wildman–Crippen MR) is 77.6 cm³/mol. The molecule has 0 aromatic carbocycles. The molecule has 0 N–H and O–H groups in total. The van der Waals surface area contributed by atoms with Crippen LogP contribution in [0.25, 0.3) is 0 Å². The average Bonchev–Trinajstić information content (AvgIpc) is 2.75. The van der Waals surface area contributed by atoms with Gasteiger partial charge in [0.1, 0.15) is 0 Å². The minimum atomic E-state index is -3.70. The van der Waals surface area contributed by atoms with Crippen LogP contribution in [0.4, 0.5) is 0 Å². The number of sulfone groups is 1. The highest BCUT2D eigenvalue weighted by Crippen LogP contribution is 2.21.